The van der Waals surface area contributed by atoms with Crippen LogP contribution in [0.4, 0.5) is 0 Å². The highest BCUT2D eigenvalue weighted by Crippen LogP contribution is 2.46. The lowest BCUT2D eigenvalue weighted by atomic mass is 9.77. The Balaban J connectivity index is 1.56. The number of hydrogen-bond donors (Lipinski definition) is 0. The van der Waals surface area contributed by atoms with E-state index >= 15 is 0 Å². The maximum absolute atomic E-state index is 13.0. The van der Waals surface area contributed by atoms with Crippen LogP contribution in [0.5, 0.6) is 5.75 Å². The smallest absolute Gasteiger partial charge is 0.228 e. The van der Waals surface area contributed by atoms with Crippen molar-refractivity contribution in [3.05, 3.63) is 42.0 Å². The molecule has 1 aromatic carbocycles. The molecule has 116 valence electrons. The first-order valence-electron chi connectivity index (χ1n) is 8.30. The summed E-state index contributed by atoms with van der Waals surface area (Å²) >= 11 is 0. The van der Waals surface area contributed by atoms with Gasteiger partial charge in [-0.2, -0.15) is 0 Å². The molecule has 1 amide bonds. The van der Waals surface area contributed by atoms with E-state index in [2.05, 4.69) is 36.1 Å². The zero-order valence-electron chi connectivity index (χ0n) is 13.2. The number of carbonyl (C=O) groups is 1. The molecule has 0 radical (unpaired) electrons. The SMILES string of the molecule is CC1(C(=O)N2CCC3(COc4ccccc43)C2)CC=CCC1. The second-order valence-corrected chi connectivity index (χ2v) is 7.32. The fourth-order valence-electron chi connectivity index (χ4n) is 4.25. The molecule has 2 atom stereocenters. The van der Waals surface area contributed by atoms with E-state index in [9.17, 15) is 4.79 Å². The molecule has 3 aliphatic rings. The number of allylic oxidation sites excluding steroid dienone is 2. The quantitative estimate of drug-likeness (QED) is 0.744. The molecule has 2 unspecified atom stereocenters. The summed E-state index contributed by atoms with van der Waals surface area (Å²) in [5, 5.41) is 0. The summed E-state index contributed by atoms with van der Waals surface area (Å²) in [5.41, 5.74) is 1.10. The van der Waals surface area contributed by atoms with Crippen molar-refractivity contribution in [3.8, 4) is 5.75 Å². The number of ether oxygens (including phenoxy) is 1. The number of benzene rings is 1. The van der Waals surface area contributed by atoms with Gasteiger partial charge in [-0.1, -0.05) is 37.3 Å². The van der Waals surface area contributed by atoms with Gasteiger partial charge < -0.3 is 9.64 Å². The van der Waals surface area contributed by atoms with Crippen molar-refractivity contribution >= 4 is 5.91 Å². The molecule has 3 nitrogen and oxygen atoms in total. The van der Waals surface area contributed by atoms with Crippen LogP contribution in [0.2, 0.25) is 0 Å². The number of carbonyl (C=O) groups excluding carboxylic acids is 1. The van der Waals surface area contributed by atoms with E-state index in [-0.39, 0.29) is 10.8 Å². The Bertz CT molecular complexity index is 638. The fraction of sp³-hybridized carbons (Fsp3) is 0.526. The number of hydrogen-bond acceptors (Lipinski definition) is 2. The molecule has 2 heterocycles. The van der Waals surface area contributed by atoms with Crippen LogP contribution in [-0.4, -0.2) is 30.5 Å². The Kier molecular flexibility index (Phi) is 3.07. The molecule has 1 aliphatic carbocycles. The second kappa shape index (κ2) is 4.87. The average Bonchev–Trinajstić information content (AvgIpc) is 3.14. The molecule has 22 heavy (non-hydrogen) atoms. The highest BCUT2D eigenvalue weighted by Gasteiger charge is 2.49. The molecule has 1 spiro atoms. The van der Waals surface area contributed by atoms with Crippen LogP contribution >= 0.6 is 0 Å². The summed E-state index contributed by atoms with van der Waals surface area (Å²) < 4.78 is 5.89. The van der Waals surface area contributed by atoms with Crippen molar-refractivity contribution in [2.45, 2.75) is 38.0 Å². The van der Waals surface area contributed by atoms with E-state index in [0.717, 1.165) is 44.5 Å². The van der Waals surface area contributed by atoms with Crippen LogP contribution in [-0.2, 0) is 10.2 Å². The third-order valence-corrected chi connectivity index (χ3v) is 5.72. The first-order chi connectivity index (χ1) is 10.6. The third kappa shape index (κ3) is 1.98. The van der Waals surface area contributed by atoms with Gasteiger partial charge >= 0.3 is 0 Å². The summed E-state index contributed by atoms with van der Waals surface area (Å²) in [6.07, 6.45) is 8.25. The van der Waals surface area contributed by atoms with Crippen LogP contribution in [0.15, 0.2) is 36.4 Å². The Labute approximate surface area is 132 Å². The molecule has 0 saturated carbocycles. The summed E-state index contributed by atoms with van der Waals surface area (Å²) in [5.74, 6) is 1.33. The Hall–Kier alpha value is -1.77. The highest BCUT2D eigenvalue weighted by molar-refractivity contribution is 5.83. The van der Waals surface area contributed by atoms with Gasteiger partial charge in [0, 0.05) is 18.7 Å². The summed E-state index contributed by atoms with van der Waals surface area (Å²) in [4.78, 5) is 15.1. The molecular formula is C19H23NO2. The van der Waals surface area contributed by atoms with Crippen molar-refractivity contribution in [3.63, 3.8) is 0 Å². The van der Waals surface area contributed by atoms with Crippen LogP contribution in [0.25, 0.3) is 0 Å². The zero-order valence-corrected chi connectivity index (χ0v) is 13.2. The molecule has 1 saturated heterocycles. The van der Waals surface area contributed by atoms with Gasteiger partial charge in [-0.25, -0.2) is 0 Å². The third-order valence-electron chi connectivity index (χ3n) is 5.72. The Morgan fingerprint density at radius 2 is 2.09 bits per heavy atom. The first-order valence-corrected chi connectivity index (χ1v) is 8.30. The van der Waals surface area contributed by atoms with Gasteiger partial charge in [-0.3, -0.25) is 4.79 Å². The molecule has 3 heteroatoms. The molecule has 1 fully saturated rings. The summed E-state index contributed by atoms with van der Waals surface area (Å²) in [7, 11) is 0. The molecule has 0 bridgehead atoms. The Morgan fingerprint density at radius 3 is 2.91 bits per heavy atom. The molecule has 2 aliphatic heterocycles. The van der Waals surface area contributed by atoms with E-state index in [1.807, 2.05) is 12.1 Å². The lowest BCUT2D eigenvalue weighted by Crippen LogP contribution is -2.43. The normalized spacial score (nSPS) is 33.0. The second-order valence-electron chi connectivity index (χ2n) is 7.32. The van der Waals surface area contributed by atoms with Crippen molar-refractivity contribution in [1.29, 1.82) is 0 Å². The molecule has 0 aromatic heterocycles. The molecular weight excluding hydrogens is 274 g/mol. The monoisotopic (exact) mass is 297 g/mol. The lowest BCUT2D eigenvalue weighted by molar-refractivity contribution is -0.140. The first kappa shape index (κ1) is 13.9. The molecule has 1 aromatic rings. The number of amides is 1. The molecule has 4 rings (SSSR count). The number of likely N-dealkylation sites (tertiary alicyclic amines) is 1. The van der Waals surface area contributed by atoms with E-state index in [4.69, 9.17) is 4.74 Å². The molecule has 0 N–H and O–H groups in total. The predicted molar refractivity (Wildman–Crippen MR) is 85.9 cm³/mol. The topological polar surface area (TPSA) is 29.5 Å². The van der Waals surface area contributed by atoms with Crippen LogP contribution < -0.4 is 4.74 Å². The predicted octanol–water partition coefficient (Wildman–Crippen LogP) is 3.30. The average molecular weight is 297 g/mol. The van der Waals surface area contributed by atoms with Gasteiger partial charge in [-0.15, -0.1) is 0 Å². The lowest BCUT2D eigenvalue weighted by Gasteiger charge is -2.34. The van der Waals surface area contributed by atoms with E-state index in [1.165, 1.54) is 5.56 Å². The van der Waals surface area contributed by atoms with Crippen molar-refractivity contribution < 1.29 is 9.53 Å². The van der Waals surface area contributed by atoms with Crippen molar-refractivity contribution in [1.82, 2.24) is 4.90 Å². The zero-order chi connectivity index (χ0) is 15.2. The van der Waals surface area contributed by atoms with Gasteiger partial charge in [0.2, 0.25) is 5.91 Å². The number of para-hydroxylation sites is 1. The highest BCUT2D eigenvalue weighted by atomic mass is 16.5. The van der Waals surface area contributed by atoms with Crippen molar-refractivity contribution in [2.24, 2.45) is 5.41 Å². The van der Waals surface area contributed by atoms with Crippen LogP contribution in [0.1, 0.15) is 38.2 Å². The van der Waals surface area contributed by atoms with Crippen molar-refractivity contribution in [2.75, 3.05) is 19.7 Å². The summed E-state index contributed by atoms with van der Waals surface area (Å²) in [6.45, 7) is 4.51. The van der Waals surface area contributed by atoms with Gasteiger partial charge in [-0.05, 0) is 31.7 Å². The minimum absolute atomic E-state index is 0.0210. The largest absolute Gasteiger partial charge is 0.492 e. The Morgan fingerprint density at radius 1 is 1.23 bits per heavy atom. The van der Waals surface area contributed by atoms with Gasteiger partial charge in [0.1, 0.15) is 5.75 Å². The number of nitrogens with zero attached hydrogens (tertiary/aromatic N) is 1. The standard InChI is InChI=1S/C19H23NO2/c1-18(9-5-2-6-10-18)17(21)20-12-11-19(13-20)14-22-16-8-4-3-7-15(16)19/h2-5,7-8H,6,9-14H2,1H3. The van der Waals surface area contributed by atoms with Crippen LogP contribution in [0.3, 0.4) is 0 Å². The van der Waals surface area contributed by atoms with Crippen LogP contribution in [0, 0.1) is 5.41 Å². The van der Waals surface area contributed by atoms with E-state index in [1.54, 1.807) is 0 Å². The van der Waals surface area contributed by atoms with Gasteiger partial charge in [0.15, 0.2) is 0 Å². The fourth-order valence-corrected chi connectivity index (χ4v) is 4.25. The minimum atomic E-state index is -0.209. The van der Waals surface area contributed by atoms with E-state index in [0.29, 0.717) is 12.5 Å². The van der Waals surface area contributed by atoms with E-state index < -0.39 is 0 Å². The van der Waals surface area contributed by atoms with Gasteiger partial charge in [0.05, 0.1) is 17.4 Å². The minimum Gasteiger partial charge on any atom is -0.492 e. The number of fused-ring (bicyclic) bond motifs is 2. The maximum Gasteiger partial charge on any atom is 0.228 e. The number of rotatable bonds is 1. The summed E-state index contributed by atoms with van der Waals surface area (Å²) in [6, 6.07) is 8.31. The maximum atomic E-state index is 13.0. The van der Waals surface area contributed by atoms with Gasteiger partial charge in [0.25, 0.3) is 0 Å².